The number of benzene rings is 3. The predicted octanol–water partition coefficient (Wildman–Crippen LogP) is 4.22. The Morgan fingerprint density at radius 1 is 0.880 bits per heavy atom. The van der Waals surface area contributed by atoms with E-state index in [4.69, 9.17) is 0 Å². The molecule has 0 N–H and O–H groups in total. The third-order valence-corrected chi connectivity index (χ3v) is 4.86. The Labute approximate surface area is 152 Å². The van der Waals surface area contributed by atoms with Crippen LogP contribution in [0.15, 0.2) is 60.7 Å². The van der Waals surface area contributed by atoms with Crippen molar-refractivity contribution in [3.63, 3.8) is 0 Å². The zero-order valence-corrected chi connectivity index (χ0v) is 14.6. The third kappa shape index (κ3) is 2.31. The van der Waals surface area contributed by atoms with Gasteiger partial charge in [0.05, 0.1) is 22.1 Å². The monoisotopic (exact) mass is 393 g/mol. The van der Waals surface area contributed by atoms with E-state index < -0.39 is 11.8 Å². The largest absolute Gasteiger partial charge is 0.293 e. The summed E-state index contributed by atoms with van der Waals surface area (Å²) in [5.74, 6) is -0.982. The number of para-hydroxylation sites is 1. The van der Waals surface area contributed by atoms with E-state index in [9.17, 15) is 14.4 Å². The van der Waals surface area contributed by atoms with Crippen molar-refractivity contribution in [2.24, 2.45) is 0 Å². The van der Waals surface area contributed by atoms with E-state index in [1.807, 2.05) is 30.3 Å². The molecule has 25 heavy (non-hydrogen) atoms. The average molecular weight is 394 g/mol. The fourth-order valence-corrected chi connectivity index (χ4v) is 3.50. The number of hydrogen-bond acceptors (Lipinski definition) is 3. The lowest BCUT2D eigenvalue weighted by molar-refractivity contribution is 0.0926. The molecule has 0 bridgehead atoms. The number of ketones is 1. The molecule has 0 spiro atoms. The van der Waals surface area contributed by atoms with Crippen LogP contribution in [0.3, 0.4) is 0 Å². The van der Waals surface area contributed by atoms with E-state index in [-0.39, 0.29) is 11.1 Å². The predicted molar refractivity (Wildman–Crippen MR) is 99.7 cm³/mol. The van der Waals surface area contributed by atoms with Crippen molar-refractivity contribution in [3.05, 3.63) is 77.4 Å². The Morgan fingerprint density at radius 2 is 1.60 bits per heavy atom. The molecular weight excluding hydrogens is 382 g/mol. The first kappa shape index (κ1) is 15.7. The zero-order valence-electron chi connectivity index (χ0n) is 13.0. The molecule has 0 fully saturated rings. The fourth-order valence-electron chi connectivity index (χ4n) is 3.20. The van der Waals surface area contributed by atoms with Gasteiger partial charge in [-0.1, -0.05) is 58.4 Å². The van der Waals surface area contributed by atoms with Crippen LogP contribution in [0.4, 0.5) is 5.69 Å². The second-order valence-corrected chi connectivity index (χ2v) is 6.29. The Hall–Kier alpha value is -2.79. The van der Waals surface area contributed by atoms with Crippen molar-refractivity contribution in [2.45, 2.75) is 0 Å². The standard InChI is InChI=1S/C20H12BrNO3/c21-11-17(23)14-7-3-4-8-16(14)22-19(24)15-10-9-12-5-1-2-6-13(12)18(15)20(22)25/h1-10H,11H2. The Morgan fingerprint density at radius 3 is 2.40 bits per heavy atom. The molecule has 1 heterocycles. The third-order valence-electron chi connectivity index (χ3n) is 4.35. The van der Waals surface area contributed by atoms with Crippen LogP contribution in [0, 0.1) is 0 Å². The topological polar surface area (TPSA) is 54.5 Å². The van der Waals surface area contributed by atoms with Crippen molar-refractivity contribution in [2.75, 3.05) is 10.2 Å². The van der Waals surface area contributed by atoms with Gasteiger partial charge >= 0.3 is 0 Å². The average Bonchev–Trinajstić information content (AvgIpc) is 2.92. The van der Waals surface area contributed by atoms with Crippen LogP contribution < -0.4 is 4.90 Å². The first-order valence-electron chi connectivity index (χ1n) is 7.72. The van der Waals surface area contributed by atoms with Crippen molar-refractivity contribution in [1.29, 1.82) is 0 Å². The van der Waals surface area contributed by atoms with Gasteiger partial charge < -0.3 is 0 Å². The molecule has 0 saturated heterocycles. The van der Waals surface area contributed by atoms with E-state index >= 15 is 0 Å². The maximum absolute atomic E-state index is 13.1. The van der Waals surface area contributed by atoms with Crippen LogP contribution in [-0.4, -0.2) is 22.9 Å². The van der Waals surface area contributed by atoms with E-state index in [1.165, 1.54) is 0 Å². The van der Waals surface area contributed by atoms with Crippen LogP contribution in [0.5, 0.6) is 0 Å². The van der Waals surface area contributed by atoms with Crippen LogP contribution in [0.1, 0.15) is 31.1 Å². The molecule has 0 aliphatic carbocycles. The number of nitrogens with zero attached hydrogens (tertiary/aromatic N) is 1. The summed E-state index contributed by atoms with van der Waals surface area (Å²) < 4.78 is 0. The number of rotatable bonds is 3. The van der Waals surface area contributed by atoms with E-state index in [2.05, 4.69) is 15.9 Å². The normalized spacial score (nSPS) is 13.4. The summed E-state index contributed by atoms with van der Waals surface area (Å²) in [6, 6.07) is 17.6. The second kappa shape index (κ2) is 5.93. The Bertz CT molecular complexity index is 1060. The summed E-state index contributed by atoms with van der Waals surface area (Å²) in [4.78, 5) is 39.3. The second-order valence-electron chi connectivity index (χ2n) is 5.73. The van der Waals surface area contributed by atoms with Gasteiger partial charge in [-0.05, 0) is 29.0 Å². The summed E-state index contributed by atoms with van der Waals surface area (Å²) in [5, 5.41) is 1.76. The van der Waals surface area contributed by atoms with Gasteiger partial charge in [-0.25, -0.2) is 4.90 Å². The van der Waals surface area contributed by atoms with Gasteiger partial charge in [0.25, 0.3) is 11.8 Å². The van der Waals surface area contributed by atoms with Gasteiger partial charge in [0.1, 0.15) is 0 Å². The van der Waals surface area contributed by atoms with Crippen LogP contribution in [0.25, 0.3) is 10.8 Å². The smallest absolute Gasteiger partial charge is 0.266 e. The van der Waals surface area contributed by atoms with E-state index in [0.717, 1.165) is 15.7 Å². The Kier molecular flexibility index (Phi) is 3.73. The summed E-state index contributed by atoms with van der Waals surface area (Å²) in [6.07, 6.45) is 0. The van der Waals surface area contributed by atoms with E-state index in [0.29, 0.717) is 22.4 Å². The highest BCUT2D eigenvalue weighted by atomic mass is 79.9. The van der Waals surface area contributed by atoms with Crippen molar-refractivity contribution in [1.82, 2.24) is 0 Å². The van der Waals surface area contributed by atoms with Gasteiger partial charge in [0.15, 0.2) is 5.78 Å². The molecule has 0 unspecified atom stereocenters. The van der Waals surface area contributed by atoms with Crippen molar-refractivity contribution >= 4 is 50.0 Å². The number of halogens is 1. The number of amides is 2. The molecular formula is C20H12BrNO3. The SMILES string of the molecule is O=C(CBr)c1ccccc1N1C(=O)c2ccc3ccccc3c2C1=O. The summed E-state index contributed by atoms with van der Waals surface area (Å²) >= 11 is 3.15. The maximum Gasteiger partial charge on any atom is 0.266 e. The lowest BCUT2D eigenvalue weighted by atomic mass is 10.0. The van der Waals surface area contributed by atoms with Gasteiger partial charge in [-0.2, -0.15) is 0 Å². The quantitative estimate of drug-likeness (QED) is 0.380. The molecule has 122 valence electrons. The van der Waals surface area contributed by atoms with Crippen LogP contribution >= 0.6 is 15.9 Å². The van der Waals surface area contributed by atoms with Gasteiger partial charge in [-0.3, -0.25) is 14.4 Å². The Balaban J connectivity index is 1.93. The first-order chi connectivity index (χ1) is 12.1. The molecule has 3 aromatic rings. The van der Waals surface area contributed by atoms with Gasteiger partial charge in [0.2, 0.25) is 0 Å². The first-order valence-corrected chi connectivity index (χ1v) is 8.84. The maximum atomic E-state index is 13.1. The highest BCUT2D eigenvalue weighted by Gasteiger charge is 2.39. The van der Waals surface area contributed by atoms with Gasteiger partial charge in [0, 0.05) is 5.56 Å². The summed E-state index contributed by atoms with van der Waals surface area (Å²) in [7, 11) is 0. The highest BCUT2D eigenvalue weighted by molar-refractivity contribution is 9.09. The number of fused-ring (bicyclic) bond motifs is 3. The van der Waals surface area contributed by atoms with Crippen molar-refractivity contribution < 1.29 is 14.4 Å². The van der Waals surface area contributed by atoms with Crippen molar-refractivity contribution in [3.8, 4) is 0 Å². The molecule has 4 rings (SSSR count). The molecule has 0 saturated carbocycles. The number of carbonyl (C=O) groups is 3. The number of imide groups is 1. The molecule has 1 aliphatic heterocycles. The molecule has 2 amide bonds. The van der Waals surface area contributed by atoms with Gasteiger partial charge in [-0.15, -0.1) is 0 Å². The molecule has 3 aromatic carbocycles. The molecule has 4 nitrogen and oxygen atoms in total. The number of alkyl halides is 1. The number of Topliss-reactive ketones (excluding diaryl/α,β-unsaturated/α-hetero) is 1. The number of hydrogen-bond donors (Lipinski definition) is 0. The minimum absolute atomic E-state index is 0.121. The molecule has 0 atom stereocenters. The number of anilines is 1. The molecule has 1 aliphatic rings. The minimum Gasteiger partial charge on any atom is -0.293 e. The molecule has 0 radical (unpaired) electrons. The summed E-state index contributed by atoms with van der Waals surface area (Å²) in [5.41, 5.74) is 1.43. The lowest BCUT2D eigenvalue weighted by Gasteiger charge is -2.17. The molecule has 5 heteroatoms. The minimum atomic E-state index is -0.402. The highest BCUT2D eigenvalue weighted by Crippen LogP contribution is 2.34. The summed E-state index contributed by atoms with van der Waals surface area (Å²) in [6.45, 7) is 0. The van der Waals surface area contributed by atoms with Crippen LogP contribution in [0.2, 0.25) is 0 Å². The zero-order chi connectivity index (χ0) is 17.6. The fraction of sp³-hybridized carbons (Fsp3) is 0.0500. The van der Waals surface area contributed by atoms with Crippen LogP contribution in [-0.2, 0) is 0 Å². The lowest BCUT2D eigenvalue weighted by Crippen LogP contribution is -2.31. The van der Waals surface area contributed by atoms with E-state index in [1.54, 1.807) is 30.3 Å². The molecule has 0 aromatic heterocycles. The number of carbonyl (C=O) groups excluding carboxylic acids is 3.